The van der Waals surface area contributed by atoms with Crippen molar-refractivity contribution in [1.82, 2.24) is 0 Å². The SMILES string of the molecule is CC[C@H]1CC[C@@](C)(OC)CC1. The Labute approximate surface area is 70.1 Å². The Morgan fingerprint density at radius 3 is 2.27 bits per heavy atom. The largest absolute Gasteiger partial charge is 0.379 e. The lowest BCUT2D eigenvalue weighted by Crippen LogP contribution is -2.32. The molecule has 0 aromatic heterocycles. The Hall–Kier alpha value is -0.0400. The molecule has 0 bridgehead atoms. The highest BCUT2D eigenvalue weighted by molar-refractivity contribution is 4.82. The Balaban J connectivity index is 2.35. The maximum absolute atomic E-state index is 5.47. The van der Waals surface area contributed by atoms with Crippen molar-refractivity contribution in [2.75, 3.05) is 7.11 Å². The second kappa shape index (κ2) is 3.57. The third-order valence-corrected chi connectivity index (χ3v) is 3.23. The average molecular weight is 156 g/mol. The van der Waals surface area contributed by atoms with Crippen LogP contribution in [0.1, 0.15) is 46.0 Å². The van der Waals surface area contributed by atoms with E-state index < -0.39 is 0 Å². The highest BCUT2D eigenvalue weighted by Gasteiger charge is 2.29. The van der Waals surface area contributed by atoms with Gasteiger partial charge >= 0.3 is 0 Å². The van der Waals surface area contributed by atoms with Crippen molar-refractivity contribution in [2.24, 2.45) is 5.92 Å². The molecule has 0 aliphatic heterocycles. The van der Waals surface area contributed by atoms with Crippen LogP contribution >= 0.6 is 0 Å². The summed E-state index contributed by atoms with van der Waals surface area (Å²) in [4.78, 5) is 0. The summed E-state index contributed by atoms with van der Waals surface area (Å²) in [5.74, 6) is 0.971. The zero-order valence-electron chi connectivity index (χ0n) is 8.02. The molecule has 0 amide bonds. The van der Waals surface area contributed by atoms with E-state index in [-0.39, 0.29) is 5.60 Å². The van der Waals surface area contributed by atoms with Crippen molar-refractivity contribution in [3.05, 3.63) is 0 Å². The zero-order valence-corrected chi connectivity index (χ0v) is 8.02. The van der Waals surface area contributed by atoms with Crippen molar-refractivity contribution in [2.45, 2.75) is 51.6 Å². The average Bonchev–Trinajstić information content (AvgIpc) is 2.06. The van der Waals surface area contributed by atoms with Gasteiger partial charge in [0.1, 0.15) is 0 Å². The van der Waals surface area contributed by atoms with Crippen LogP contribution < -0.4 is 0 Å². The molecule has 0 spiro atoms. The second-order valence-electron chi connectivity index (χ2n) is 4.01. The minimum Gasteiger partial charge on any atom is -0.379 e. The van der Waals surface area contributed by atoms with E-state index in [1.807, 2.05) is 7.11 Å². The molecule has 1 nitrogen and oxygen atoms in total. The first-order valence-corrected chi connectivity index (χ1v) is 4.75. The smallest absolute Gasteiger partial charge is 0.0651 e. The molecule has 1 aliphatic rings. The monoisotopic (exact) mass is 156 g/mol. The molecule has 0 N–H and O–H groups in total. The summed E-state index contributed by atoms with van der Waals surface area (Å²) in [6.45, 7) is 4.53. The van der Waals surface area contributed by atoms with Crippen LogP contribution in [0.5, 0.6) is 0 Å². The Morgan fingerprint density at radius 2 is 1.91 bits per heavy atom. The van der Waals surface area contributed by atoms with Gasteiger partial charge in [-0.15, -0.1) is 0 Å². The lowest BCUT2D eigenvalue weighted by atomic mass is 9.79. The van der Waals surface area contributed by atoms with E-state index >= 15 is 0 Å². The van der Waals surface area contributed by atoms with Crippen molar-refractivity contribution in [3.8, 4) is 0 Å². The van der Waals surface area contributed by atoms with Crippen LogP contribution in [0.3, 0.4) is 0 Å². The summed E-state index contributed by atoms with van der Waals surface area (Å²) >= 11 is 0. The predicted octanol–water partition coefficient (Wildman–Crippen LogP) is 2.99. The van der Waals surface area contributed by atoms with Gasteiger partial charge in [-0.05, 0) is 38.5 Å². The zero-order chi connectivity index (χ0) is 8.32. The maximum atomic E-state index is 5.47. The number of ether oxygens (including phenoxy) is 1. The molecule has 0 aromatic rings. The van der Waals surface area contributed by atoms with Crippen LogP contribution in [0.25, 0.3) is 0 Å². The molecule has 66 valence electrons. The fourth-order valence-electron chi connectivity index (χ4n) is 1.90. The van der Waals surface area contributed by atoms with Crippen molar-refractivity contribution < 1.29 is 4.74 Å². The van der Waals surface area contributed by atoms with Crippen molar-refractivity contribution in [3.63, 3.8) is 0 Å². The minimum atomic E-state index is 0.200. The van der Waals surface area contributed by atoms with E-state index in [9.17, 15) is 0 Å². The molecule has 11 heavy (non-hydrogen) atoms. The third-order valence-electron chi connectivity index (χ3n) is 3.23. The van der Waals surface area contributed by atoms with Crippen LogP contribution in [-0.4, -0.2) is 12.7 Å². The minimum absolute atomic E-state index is 0.200. The number of methoxy groups -OCH3 is 1. The van der Waals surface area contributed by atoms with Crippen molar-refractivity contribution >= 4 is 0 Å². The molecular weight excluding hydrogens is 136 g/mol. The molecule has 1 heteroatoms. The van der Waals surface area contributed by atoms with E-state index in [0.717, 1.165) is 5.92 Å². The Bertz CT molecular complexity index is 112. The first-order chi connectivity index (χ1) is 5.20. The maximum Gasteiger partial charge on any atom is 0.0651 e. The number of rotatable bonds is 2. The molecule has 0 heterocycles. The molecule has 1 aliphatic carbocycles. The van der Waals surface area contributed by atoms with E-state index in [1.54, 1.807) is 0 Å². The Kier molecular flexibility index (Phi) is 2.94. The molecule has 0 radical (unpaired) electrons. The quantitative estimate of drug-likeness (QED) is 0.597. The standard InChI is InChI=1S/C10H20O/c1-4-9-5-7-10(2,11-3)8-6-9/h9H,4-8H2,1-3H3/t9-,10+. The van der Waals surface area contributed by atoms with Crippen LogP contribution in [0, 0.1) is 5.92 Å². The van der Waals surface area contributed by atoms with Gasteiger partial charge in [-0.2, -0.15) is 0 Å². The van der Waals surface area contributed by atoms with Gasteiger partial charge in [-0.25, -0.2) is 0 Å². The molecular formula is C10H20O. The fourth-order valence-corrected chi connectivity index (χ4v) is 1.90. The van der Waals surface area contributed by atoms with Gasteiger partial charge in [-0.1, -0.05) is 13.3 Å². The van der Waals surface area contributed by atoms with E-state index in [1.165, 1.54) is 32.1 Å². The van der Waals surface area contributed by atoms with Crippen molar-refractivity contribution in [1.29, 1.82) is 0 Å². The lowest BCUT2D eigenvalue weighted by Gasteiger charge is -2.35. The van der Waals surface area contributed by atoms with Gasteiger partial charge in [0.05, 0.1) is 5.60 Å². The normalized spacial score (nSPS) is 39.0. The summed E-state index contributed by atoms with van der Waals surface area (Å²) in [6, 6.07) is 0. The van der Waals surface area contributed by atoms with Crippen LogP contribution in [0.15, 0.2) is 0 Å². The summed E-state index contributed by atoms with van der Waals surface area (Å²) in [6.07, 6.45) is 6.57. The summed E-state index contributed by atoms with van der Waals surface area (Å²) in [5, 5.41) is 0. The highest BCUT2D eigenvalue weighted by atomic mass is 16.5. The van der Waals surface area contributed by atoms with Crippen LogP contribution in [-0.2, 0) is 4.74 Å². The van der Waals surface area contributed by atoms with Gasteiger partial charge in [0.25, 0.3) is 0 Å². The molecule has 0 saturated heterocycles. The Morgan fingerprint density at radius 1 is 1.36 bits per heavy atom. The molecule has 1 fully saturated rings. The molecule has 0 unspecified atom stereocenters. The first kappa shape index (κ1) is 9.05. The van der Waals surface area contributed by atoms with Crippen LogP contribution in [0.2, 0.25) is 0 Å². The van der Waals surface area contributed by atoms with E-state index in [2.05, 4.69) is 13.8 Å². The topological polar surface area (TPSA) is 9.23 Å². The molecule has 1 saturated carbocycles. The molecule has 0 aromatic carbocycles. The van der Waals surface area contributed by atoms with Crippen LogP contribution in [0.4, 0.5) is 0 Å². The van der Waals surface area contributed by atoms with Gasteiger partial charge in [0.2, 0.25) is 0 Å². The third kappa shape index (κ3) is 2.19. The van der Waals surface area contributed by atoms with Gasteiger partial charge < -0.3 is 4.74 Å². The lowest BCUT2D eigenvalue weighted by molar-refractivity contribution is -0.0340. The van der Waals surface area contributed by atoms with E-state index in [0.29, 0.717) is 0 Å². The first-order valence-electron chi connectivity index (χ1n) is 4.75. The predicted molar refractivity (Wildman–Crippen MR) is 47.7 cm³/mol. The molecule has 0 atom stereocenters. The summed E-state index contributed by atoms with van der Waals surface area (Å²) in [5.41, 5.74) is 0.200. The number of hydrogen-bond donors (Lipinski definition) is 0. The highest BCUT2D eigenvalue weighted by Crippen LogP contribution is 2.35. The fraction of sp³-hybridized carbons (Fsp3) is 1.00. The summed E-state index contributed by atoms with van der Waals surface area (Å²) in [7, 11) is 1.84. The van der Waals surface area contributed by atoms with Gasteiger partial charge in [0.15, 0.2) is 0 Å². The summed E-state index contributed by atoms with van der Waals surface area (Å²) < 4.78 is 5.47. The second-order valence-corrected chi connectivity index (χ2v) is 4.01. The van der Waals surface area contributed by atoms with Gasteiger partial charge in [-0.3, -0.25) is 0 Å². The number of hydrogen-bond acceptors (Lipinski definition) is 1. The molecule has 1 rings (SSSR count). The van der Waals surface area contributed by atoms with E-state index in [4.69, 9.17) is 4.74 Å². The van der Waals surface area contributed by atoms with Gasteiger partial charge in [0, 0.05) is 7.11 Å².